The molecule has 0 aliphatic rings. The molecule has 94 valence electrons. The number of aromatic nitrogens is 1. The number of carbonyl (C=O) groups excluding carboxylic acids is 1. The molecule has 0 saturated heterocycles. The van der Waals surface area contributed by atoms with E-state index in [9.17, 15) is 9.59 Å². The number of carboxylic acids is 1. The van der Waals surface area contributed by atoms with E-state index in [4.69, 9.17) is 5.11 Å². The SMILES string of the molecule is CCN(CC(=O)O)C(=O)c1cccc2cc[nH]c12. The molecule has 2 rings (SSSR count). The molecule has 5 nitrogen and oxygen atoms in total. The first-order valence-electron chi connectivity index (χ1n) is 5.70. The standard InChI is InChI=1S/C13H14N2O3/c1-2-15(8-11(16)17)13(18)10-5-3-4-9-6-7-14-12(9)10/h3-7,14H,2,8H2,1H3,(H,16,17). The number of likely N-dealkylation sites (N-methyl/N-ethyl adjacent to an activating group) is 1. The molecular formula is C13H14N2O3. The van der Waals surface area contributed by atoms with E-state index >= 15 is 0 Å². The molecule has 2 aromatic rings. The predicted octanol–water partition coefficient (Wildman–Crippen LogP) is 1.71. The van der Waals surface area contributed by atoms with Crippen LogP contribution in [0, 0.1) is 0 Å². The number of para-hydroxylation sites is 1. The van der Waals surface area contributed by atoms with E-state index in [2.05, 4.69) is 4.98 Å². The Morgan fingerprint density at radius 1 is 1.33 bits per heavy atom. The number of hydrogen-bond acceptors (Lipinski definition) is 2. The van der Waals surface area contributed by atoms with Gasteiger partial charge in [0.25, 0.3) is 5.91 Å². The Hall–Kier alpha value is -2.30. The smallest absolute Gasteiger partial charge is 0.323 e. The van der Waals surface area contributed by atoms with Crippen molar-refractivity contribution in [2.75, 3.05) is 13.1 Å². The highest BCUT2D eigenvalue weighted by molar-refractivity contribution is 6.06. The van der Waals surface area contributed by atoms with Gasteiger partial charge in [0.2, 0.25) is 0 Å². The number of aromatic amines is 1. The van der Waals surface area contributed by atoms with Gasteiger partial charge in [0, 0.05) is 18.1 Å². The zero-order valence-corrected chi connectivity index (χ0v) is 10.0. The van der Waals surface area contributed by atoms with Crippen LogP contribution in [0.25, 0.3) is 10.9 Å². The molecule has 2 N–H and O–H groups in total. The first-order chi connectivity index (χ1) is 8.63. The molecule has 0 fully saturated rings. The zero-order valence-electron chi connectivity index (χ0n) is 10.0. The van der Waals surface area contributed by atoms with Crippen molar-refractivity contribution in [3.63, 3.8) is 0 Å². The maximum atomic E-state index is 12.3. The van der Waals surface area contributed by atoms with Crippen LogP contribution >= 0.6 is 0 Å². The number of nitrogens with one attached hydrogen (secondary N) is 1. The molecule has 1 aromatic carbocycles. The number of hydrogen-bond donors (Lipinski definition) is 2. The second-order valence-electron chi connectivity index (χ2n) is 3.96. The van der Waals surface area contributed by atoms with Crippen LogP contribution in [0.5, 0.6) is 0 Å². The van der Waals surface area contributed by atoms with Crippen LogP contribution in [-0.4, -0.2) is 40.0 Å². The highest BCUT2D eigenvalue weighted by Gasteiger charge is 2.19. The van der Waals surface area contributed by atoms with E-state index < -0.39 is 5.97 Å². The molecule has 0 aliphatic carbocycles. The minimum atomic E-state index is -1.01. The number of aliphatic carboxylic acids is 1. The van der Waals surface area contributed by atoms with E-state index in [1.165, 1.54) is 4.90 Å². The van der Waals surface area contributed by atoms with Crippen LogP contribution in [0.2, 0.25) is 0 Å². The van der Waals surface area contributed by atoms with Gasteiger partial charge in [0.05, 0.1) is 11.1 Å². The number of amides is 1. The molecule has 0 unspecified atom stereocenters. The van der Waals surface area contributed by atoms with Gasteiger partial charge in [-0.25, -0.2) is 0 Å². The van der Waals surface area contributed by atoms with Crippen molar-refractivity contribution >= 4 is 22.8 Å². The summed E-state index contributed by atoms with van der Waals surface area (Å²) in [4.78, 5) is 27.3. The lowest BCUT2D eigenvalue weighted by Crippen LogP contribution is -2.35. The van der Waals surface area contributed by atoms with Crippen LogP contribution in [0.15, 0.2) is 30.5 Å². The van der Waals surface area contributed by atoms with E-state index in [0.29, 0.717) is 12.1 Å². The van der Waals surface area contributed by atoms with E-state index in [0.717, 1.165) is 10.9 Å². The molecule has 5 heteroatoms. The summed E-state index contributed by atoms with van der Waals surface area (Å²) in [5, 5.41) is 9.72. The van der Waals surface area contributed by atoms with Crippen molar-refractivity contribution in [3.8, 4) is 0 Å². The van der Waals surface area contributed by atoms with Gasteiger partial charge in [0.1, 0.15) is 6.54 Å². The van der Waals surface area contributed by atoms with Gasteiger partial charge in [-0.15, -0.1) is 0 Å². The molecule has 1 amide bonds. The van der Waals surface area contributed by atoms with Crippen LogP contribution in [0.1, 0.15) is 17.3 Å². The Labute approximate surface area is 104 Å². The molecule has 0 aliphatic heterocycles. The minimum absolute atomic E-state index is 0.270. The summed E-state index contributed by atoms with van der Waals surface area (Å²) in [5.41, 5.74) is 1.24. The number of carbonyl (C=O) groups is 2. The third kappa shape index (κ3) is 2.20. The fraction of sp³-hybridized carbons (Fsp3) is 0.231. The summed E-state index contributed by atoms with van der Waals surface area (Å²) in [5.74, 6) is -1.28. The second-order valence-corrected chi connectivity index (χ2v) is 3.96. The van der Waals surface area contributed by atoms with Crippen molar-refractivity contribution in [3.05, 3.63) is 36.0 Å². The molecule has 1 heterocycles. The Balaban J connectivity index is 2.37. The monoisotopic (exact) mass is 246 g/mol. The minimum Gasteiger partial charge on any atom is -0.480 e. The summed E-state index contributed by atoms with van der Waals surface area (Å²) in [7, 11) is 0. The number of fused-ring (bicyclic) bond motifs is 1. The maximum absolute atomic E-state index is 12.3. The average molecular weight is 246 g/mol. The molecule has 0 bridgehead atoms. The first-order valence-corrected chi connectivity index (χ1v) is 5.70. The summed E-state index contributed by atoms with van der Waals surface area (Å²) < 4.78 is 0. The van der Waals surface area contributed by atoms with Gasteiger partial charge in [0.15, 0.2) is 0 Å². The molecule has 1 aromatic heterocycles. The van der Waals surface area contributed by atoms with Gasteiger partial charge in [-0.3, -0.25) is 9.59 Å². The third-order valence-corrected chi connectivity index (χ3v) is 2.81. The Morgan fingerprint density at radius 3 is 2.78 bits per heavy atom. The topological polar surface area (TPSA) is 73.4 Å². The predicted molar refractivity (Wildman–Crippen MR) is 67.5 cm³/mol. The number of rotatable bonds is 4. The van der Waals surface area contributed by atoms with Crippen LogP contribution in [0.3, 0.4) is 0 Å². The second kappa shape index (κ2) is 4.91. The third-order valence-electron chi connectivity index (χ3n) is 2.81. The summed E-state index contributed by atoms with van der Waals surface area (Å²) in [6, 6.07) is 7.26. The highest BCUT2D eigenvalue weighted by Crippen LogP contribution is 2.18. The Kier molecular flexibility index (Phi) is 3.32. The first kappa shape index (κ1) is 12.2. The van der Waals surface area contributed by atoms with Gasteiger partial charge in [-0.1, -0.05) is 12.1 Å². The fourth-order valence-corrected chi connectivity index (χ4v) is 1.92. The van der Waals surface area contributed by atoms with Crippen molar-refractivity contribution in [2.45, 2.75) is 6.92 Å². The average Bonchev–Trinajstić information content (AvgIpc) is 2.82. The largest absolute Gasteiger partial charge is 0.480 e. The van der Waals surface area contributed by atoms with Crippen molar-refractivity contribution < 1.29 is 14.7 Å². The van der Waals surface area contributed by atoms with Crippen molar-refractivity contribution in [2.24, 2.45) is 0 Å². The fourth-order valence-electron chi connectivity index (χ4n) is 1.92. The van der Waals surface area contributed by atoms with Gasteiger partial charge >= 0.3 is 5.97 Å². The number of carboxylic acid groups (broad SMARTS) is 1. The number of benzene rings is 1. The molecule has 0 spiro atoms. The normalized spacial score (nSPS) is 10.5. The lowest BCUT2D eigenvalue weighted by atomic mass is 10.1. The zero-order chi connectivity index (χ0) is 13.1. The van der Waals surface area contributed by atoms with Gasteiger partial charge < -0.3 is 15.0 Å². The van der Waals surface area contributed by atoms with Crippen LogP contribution in [0.4, 0.5) is 0 Å². The molecular weight excluding hydrogens is 232 g/mol. The van der Waals surface area contributed by atoms with Crippen molar-refractivity contribution in [1.82, 2.24) is 9.88 Å². The molecule has 18 heavy (non-hydrogen) atoms. The van der Waals surface area contributed by atoms with E-state index in [1.807, 2.05) is 12.1 Å². The van der Waals surface area contributed by atoms with Crippen molar-refractivity contribution in [1.29, 1.82) is 0 Å². The highest BCUT2D eigenvalue weighted by atomic mass is 16.4. The van der Waals surface area contributed by atoms with Crippen LogP contribution in [-0.2, 0) is 4.79 Å². The van der Waals surface area contributed by atoms with Gasteiger partial charge in [-0.05, 0) is 19.1 Å². The van der Waals surface area contributed by atoms with E-state index in [1.54, 1.807) is 25.3 Å². The molecule has 0 atom stereocenters. The number of nitrogens with zero attached hydrogens (tertiary/aromatic N) is 1. The Bertz CT molecular complexity index is 589. The lowest BCUT2D eigenvalue weighted by molar-refractivity contribution is -0.137. The molecule has 0 radical (unpaired) electrons. The summed E-state index contributed by atoms with van der Waals surface area (Å²) >= 11 is 0. The molecule has 0 saturated carbocycles. The summed E-state index contributed by atoms with van der Waals surface area (Å²) in [6.45, 7) is 1.84. The van der Waals surface area contributed by atoms with E-state index in [-0.39, 0.29) is 12.5 Å². The maximum Gasteiger partial charge on any atom is 0.323 e. The Morgan fingerprint density at radius 2 is 2.11 bits per heavy atom. The van der Waals surface area contributed by atoms with Gasteiger partial charge in [-0.2, -0.15) is 0 Å². The van der Waals surface area contributed by atoms with Crippen LogP contribution < -0.4 is 0 Å². The lowest BCUT2D eigenvalue weighted by Gasteiger charge is -2.18. The number of H-pyrrole nitrogens is 1. The quantitative estimate of drug-likeness (QED) is 0.862. The summed E-state index contributed by atoms with van der Waals surface area (Å²) in [6.07, 6.45) is 1.76.